The second-order valence-corrected chi connectivity index (χ2v) is 6.52. The number of para-hydroxylation sites is 1. The van der Waals surface area contributed by atoms with Crippen LogP contribution < -0.4 is 5.43 Å². The molecule has 0 aliphatic rings. The van der Waals surface area contributed by atoms with Crippen LogP contribution in [-0.2, 0) is 4.74 Å². The van der Waals surface area contributed by atoms with Crippen LogP contribution in [0.5, 0.6) is 0 Å². The molecule has 144 valence electrons. The topological polar surface area (TPSA) is 89.4 Å². The number of ether oxygens (including phenoxy) is 1. The van der Waals surface area contributed by atoms with Gasteiger partial charge >= 0.3 is 5.97 Å². The fraction of sp³-hybridized carbons (Fsp3) is 0.0870. The van der Waals surface area contributed by atoms with Crippen LogP contribution in [0.1, 0.15) is 26.4 Å². The molecule has 0 spiro atoms. The molecule has 0 radical (unpaired) electrons. The maximum Gasteiger partial charge on any atom is 0.342 e. The highest BCUT2D eigenvalue weighted by Crippen LogP contribution is 2.27. The summed E-state index contributed by atoms with van der Waals surface area (Å²) in [6.07, 6.45) is 1.61. The Bertz CT molecular complexity index is 1250. The average Bonchev–Trinajstić information content (AvgIpc) is 3.29. The SMILES string of the molecule is Cc1c(-c2ccccc2)oc2c(C(=O)OCC(=O)c3ccc[nH]3)cccc2c1=O. The number of aromatic nitrogens is 1. The van der Waals surface area contributed by atoms with Crippen molar-refractivity contribution in [1.29, 1.82) is 0 Å². The number of fused-ring (bicyclic) bond motifs is 1. The van der Waals surface area contributed by atoms with Crippen molar-refractivity contribution in [2.24, 2.45) is 0 Å². The van der Waals surface area contributed by atoms with Gasteiger partial charge in [-0.05, 0) is 31.2 Å². The molecule has 2 aromatic carbocycles. The maximum atomic E-state index is 12.8. The van der Waals surface area contributed by atoms with Crippen molar-refractivity contribution in [2.75, 3.05) is 6.61 Å². The molecule has 4 rings (SSSR count). The highest BCUT2D eigenvalue weighted by molar-refractivity contribution is 6.04. The summed E-state index contributed by atoms with van der Waals surface area (Å²) in [5.41, 5.74) is 1.55. The van der Waals surface area contributed by atoms with Crippen LogP contribution in [0.25, 0.3) is 22.3 Å². The molecule has 0 fully saturated rings. The lowest BCUT2D eigenvalue weighted by Gasteiger charge is -2.10. The average molecular weight is 387 g/mol. The molecule has 0 atom stereocenters. The van der Waals surface area contributed by atoms with E-state index in [1.54, 1.807) is 37.4 Å². The van der Waals surface area contributed by atoms with Gasteiger partial charge in [-0.2, -0.15) is 0 Å². The van der Waals surface area contributed by atoms with Crippen molar-refractivity contribution in [1.82, 2.24) is 4.98 Å². The first-order valence-electron chi connectivity index (χ1n) is 9.02. The number of benzene rings is 2. The number of Topliss-reactive ketones (excluding diaryl/α,β-unsaturated/α-hetero) is 1. The van der Waals surface area contributed by atoms with Gasteiger partial charge in [-0.25, -0.2) is 4.79 Å². The van der Waals surface area contributed by atoms with E-state index in [-0.39, 0.29) is 27.7 Å². The Morgan fingerprint density at radius 2 is 1.79 bits per heavy atom. The van der Waals surface area contributed by atoms with Gasteiger partial charge in [-0.3, -0.25) is 9.59 Å². The predicted molar refractivity (Wildman–Crippen MR) is 108 cm³/mol. The van der Waals surface area contributed by atoms with E-state index < -0.39 is 12.6 Å². The van der Waals surface area contributed by atoms with Crippen LogP contribution >= 0.6 is 0 Å². The number of aromatic amines is 1. The van der Waals surface area contributed by atoms with Crippen molar-refractivity contribution in [3.05, 3.63) is 93.9 Å². The molecule has 6 heteroatoms. The summed E-state index contributed by atoms with van der Waals surface area (Å²) >= 11 is 0. The minimum atomic E-state index is -0.735. The van der Waals surface area contributed by atoms with Gasteiger partial charge in [0, 0.05) is 17.3 Å². The third-order valence-corrected chi connectivity index (χ3v) is 4.63. The summed E-state index contributed by atoms with van der Waals surface area (Å²) in [7, 11) is 0. The molecular weight excluding hydrogens is 370 g/mol. The summed E-state index contributed by atoms with van der Waals surface area (Å²) in [5.74, 6) is -0.696. The lowest BCUT2D eigenvalue weighted by Crippen LogP contribution is -2.16. The van der Waals surface area contributed by atoms with Gasteiger partial charge in [-0.1, -0.05) is 36.4 Å². The molecule has 1 N–H and O–H groups in total. The smallest absolute Gasteiger partial charge is 0.342 e. The van der Waals surface area contributed by atoms with Crippen molar-refractivity contribution < 1.29 is 18.7 Å². The van der Waals surface area contributed by atoms with E-state index in [1.807, 2.05) is 30.3 Å². The van der Waals surface area contributed by atoms with Crippen LogP contribution in [0.2, 0.25) is 0 Å². The summed E-state index contributed by atoms with van der Waals surface area (Å²) in [5, 5.41) is 0.285. The van der Waals surface area contributed by atoms with Crippen molar-refractivity contribution >= 4 is 22.7 Å². The molecule has 4 aromatic rings. The van der Waals surface area contributed by atoms with Gasteiger partial charge in [0.2, 0.25) is 5.78 Å². The molecule has 6 nitrogen and oxygen atoms in total. The van der Waals surface area contributed by atoms with E-state index in [0.717, 1.165) is 5.56 Å². The first kappa shape index (κ1) is 18.4. The predicted octanol–water partition coefficient (Wildman–Crippen LogP) is 4.14. The Kier molecular flexibility index (Phi) is 4.83. The quantitative estimate of drug-likeness (QED) is 0.411. The van der Waals surface area contributed by atoms with Crippen molar-refractivity contribution in [2.45, 2.75) is 6.92 Å². The third-order valence-electron chi connectivity index (χ3n) is 4.63. The van der Waals surface area contributed by atoms with Gasteiger partial charge in [0.1, 0.15) is 11.3 Å². The van der Waals surface area contributed by atoms with Crippen LogP contribution in [-0.4, -0.2) is 23.3 Å². The Labute approximate surface area is 165 Å². The molecule has 0 saturated heterocycles. The Morgan fingerprint density at radius 1 is 1.00 bits per heavy atom. The number of rotatable bonds is 5. The van der Waals surface area contributed by atoms with Gasteiger partial charge in [-0.15, -0.1) is 0 Å². The minimum absolute atomic E-state index is 0.0936. The Hall–Kier alpha value is -3.93. The molecule has 2 heterocycles. The minimum Gasteiger partial charge on any atom is -0.455 e. The standard InChI is InChI=1S/C23H17NO5/c1-14-20(26)16-9-5-10-17(22(16)29-21(14)15-7-3-2-4-8-15)23(27)28-13-19(25)18-11-6-12-24-18/h2-12,24H,13H2,1H3. The molecule has 2 aromatic heterocycles. The van der Waals surface area contributed by atoms with Crippen LogP contribution in [0.15, 0.2) is 76.1 Å². The highest BCUT2D eigenvalue weighted by Gasteiger charge is 2.20. The zero-order chi connectivity index (χ0) is 20.4. The first-order valence-corrected chi connectivity index (χ1v) is 9.02. The van der Waals surface area contributed by atoms with Gasteiger partial charge in [0.15, 0.2) is 17.6 Å². The number of esters is 1. The largest absolute Gasteiger partial charge is 0.455 e. The number of carbonyl (C=O) groups is 2. The lowest BCUT2D eigenvalue weighted by molar-refractivity contribution is 0.0474. The van der Waals surface area contributed by atoms with Gasteiger partial charge < -0.3 is 14.1 Å². The molecular formula is C23H17NO5. The van der Waals surface area contributed by atoms with E-state index in [4.69, 9.17) is 9.15 Å². The zero-order valence-electron chi connectivity index (χ0n) is 15.6. The molecule has 0 amide bonds. The van der Waals surface area contributed by atoms with Gasteiger partial charge in [0.25, 0.3) is 0 Å². The number of H-pyrrole nitrogens is 1. The van der Waals surface area contributed by atoms with E-state index in [9.17, 15) is 14.4 Å². The highest BCUT2D eigenvalue weighted by atomic mass is 16.5. The summed E-state index contributed by atoms with van der Waals surface area (Å²) < 4.78 is 11.2. The molecule has 0 saturated carbocycles. The Balaban J connectivity index is 1.73. The summed E-state index contributed by atoms with van der Waals surface area (Å²) in [6.45, 7) is 1.27. The summed E-state index contributed by atoms with van der Waals surface area (Å²) in [4.78, 5) is 40.3. The monoisotopic (exact) mass is 387 g/mol. The van der Waals surface area contributed by atoms with Gasteiger partial charge in [0.05, 0.1) is 11.1 Å². The number of nitrogens with one attached hydrogen (secondary N) is 1. The molecule has 0 unspecified atom stereocenters. The van der Waals surface area contributed by atoms with E-state index in [2.05, 4.69) is 4.98 Å². The second-order valence-electron chi connectivity index (χ2n) is 6.52. The van der Waals surface area contributed by atoms with E-state index in [1.165, 1.54) is 6.07 Å². The van der Waals surface area contributed by atoms with E-state index in [0.29, 0.717) is 17.0 Å². The van der Waals surface area contributed by atoms with Crippen LogP contribution in [0, 0.1) is 6.92 Å². The molecule has 0 bridgehead atoms. The zero-order valence-corrected chi connectivity index (χ0v) is 15.6. The lowest BCUT2D eigenvalue weighted by atomic mass is 10.0. The number of hydrogen-bond donors (Lipinski definition) is 1. The fourth-order valence-corrected chi connectivity index (χ4v) is 3.13. The molecule has 0 aliphatic heterocycles. The van der Waals surface area contributed by atoms with Crippen molar-refractivity contribution in [3.8, 4) is 11.3 Å². The van der Waals surface area contributed by atoms with Crippen molar-refractivity contribution in [3.63, 3.8) is 0 Å². The molecule has 0 aliphatic carbocycles. The summed E-state index contributed by atoms with van der Waals surface area (Å²) in [6, 6.07) is 17.2. The maximum absolute atomic E-state index is 12.8. The fourth-order valence-electron chi connectivity index (χ4n) is 3.13. The number of hydrogen-bond acceptors (Lipinski definition) is 5. The van der Waals surface area contributed by atoms with Crippen LogP contribution in [0.3, 0.4) is 0 Å². The normalized spacial score (nSPS) is 10.8. The second kappa shape index (κ2) is 7.59. The molecule has 29 heavy (non-hydrogen) atoms. The number of carbonyl (C=O) groups excluding carboxylic acids is 2. The first-order chi connectivity index (χ1) is 14.1. The van der Waals surface area contributed by atoms with E-state index >= 15 is 0 Å². The number of ketones is 1. The Morgan fingerprint density at radius 3 is 2.52 bits per heavy atom. The van der Waals surface area contributed by atoms with Crippen LogP contribution in [0.4, 0.5) is 0 Å². The third kappa shape index (κ3) is 3.48.